The number of rotatable bonds is 5. The number of ether oxygens (including phenoxy) is 2. The number of aliphatic hydroxyl groups excluding tert-OH is 1. The largest absolute Gasteiger partial charge is 0.494 e. The Bertz CT molecular complexity index is 1240. The van der Waals surface area contributed by atoms with E-state index < -0.39 is 11.2 Å². The maximum atomic E-state index is 11.4. The zero-order valence-corrected chi connectivity index (χ0v) is 17.4. The second-order valence-corrected chi connectivity index (χ2v) is 8.26. The van der Waals surface area contributed by atoms with Gasteiger partial charge in [-0.3, -0.25) is 4.57 Å². The highest BCUT2D eigenvalue weighted by atomic mass is 16.6. The van der Waals surface area contributed by atoms with E-state index in [1.807, 2.05) is 31.2 Å². The Morgan fingerprint density at radius 3 is 2.52 bits per heavy atom. The Hall–Kier alpha value is -3.05. The molecule has 1 aromatic heterocycles. The molecule has 3 heterocycles. The number of methoxy groups -OCH3 is 1. The molecule has 0 amide bonds. The lowest BCUT2D eigenvalue weighted by Crippen LogP contribution is -2.37. The summed E-state index contributed by atoms with van der Waals surface area (Å²) in [5.41, 5.74) is 0.278. The van der Waals surface area contributed by atoms with Crippen molar-refractivity contribution in [3.05, 3.63) is 53.1 Å². The lowest BCUT2D eigenvalue weighted by atomic mass is 9.74. The van der Waals surface area contributed by atoms with Crippen LogP contribution in [-0.2, 0) is 20.7 Å². The predicted molar refractivity (Wildman–Crippen MR) is 113 cm³/mol. The summed E-state index contributed by atoms with van der Waals surface area (Å²) in [4.78, 5) is 0. The van der Waals surface area contributed by atoms with Gasteiger partial charge < -0.3 is 24.8 Å². The Morgan fingerprint density at radius 2 is 1.87 bits per heavy atom. The van der Waals surface area contributed by atoms with Crippen molar-refractivity contribution >= 4 is 10.8 Å². The maximum absolute atomic E-state index is 11.4. The second kappa shape index (κ2) is 6.72. The number of aliphatic hydroxyl groups is 1. The van der Waals surface area contributed by atoms with E-state index in [0.717, 1.165) is 10.8 Å². The Labute approximate surface area is 179 Å². The monoisotopic (exact) mass is 420 g/mol. The Balaban J connectivity index is 1.83. The first-order chi connectivity index (χ1) is 15.0. The fourth-order valence-corrected chi connectivity index (χ4v) is 5.68. The molecule has 2 aliphatic heterocycles. The van der Waals surface area contributed by atoms with Crippen LogP contribution in [0.5, 0.6) is 11.8 Å². The lowest BCUT2D eigenvalue weighted by molar-refractivity contribution is -0.126. The van der Waals surface area contributed by atoms with Gasteiger partial charge in [-0.1, -0.05) is 31.2 Å². The molecule has 3 atom stereocenters. The molecule has 7 nitrogen and oxygen atoms in total. The zero-order chi connectivity index (χ0) is 22.0. The quantitative estimate of drug-likeness (QED) is 0.583. The van der Waals surface area contributed by atoms with Gasteiger partial charge >= 0.3 is 0 Å². The first kappa shape index (κ1) is 19.9. The fourth-order valence-electron chi connectivity index (χ4n) is 5.68. The second-order valence-electron chi connectivity index (χ2n) is 8.26. The third kappa shape index (κ3) is 2.32. The number of fused-ring (bicyclic) bond motifs is 6. The van der Waals surface area contributed by atoms with Crippen LogP contribution in [0.2, 0.25) is 0 Å². The molecule has 1 fully saturated rings. The molecule has 0 aliphatic carbocycles. The number of aromatic hydroxyl groups is 2. The maximum Gasteiger partial charge on any atom is 0.205 e. The molecular weight excluding hydrogens is 396 g/mol. The number of hydrogen-bond donors (Lipinski definition) is 3. The first-order valence-electron chi connectivity index (χ1n) is 10.4. The van der Waals surface area contributed by atoms with Crippen molar-refractivity contribution in [2.75, 3.05) is 13.7 Å². The number of nitriles is 1. The van der Waals surface area contributed by atoms with Crippen LogP contribution in [0, 0.1) is 11.3 Å². The summed E-state index contributed by atoms with van der Waals surface area (Å²) in [5, 5.41) is 43.5. The van der Waals surface area contributed by atoms with Gasteiger partial charge in [-0.25, -0.2) is 0 Å². The number of aromatic nitrogens is 1. The van der Waals surface area contributed by atoms with Crippen LogP contribution in [0.3, 0.4) is 0 Å². The topological polar surface area (TPSA) is 108 Å². The van der Waals surface area contributed by atoms with Crippen molar-refractivity contribution in [1.29, 1.82) is 5.26 Å². The molecule has 2 aliphatic rings. The number of nitrogens with zero attached hydrogens (tertiary/aromatic N) is 2. The molecule has 2 aromatic carbocycles. The first-order valence-corrected chi connectivity index (χ1v) is 10.4. The molecule has 0 unspecified atom stereocenters. The summed E-state index contributed by atoms with van der Waals surface area (Å²) in [6.07, 6.45) is 0.995. The van der Waals surface area contributed by atoms with Crippen molar-refractivity contribution in [1.82, 2.24) is 4.57 Å². The molecule has 7 heteroatoms. The molecule has 31 heavy (non-hydrogen) atoms. The molecule has 1 saturated heterocycles. The fraction of sp³-hybridized carbons (Fsp3) is 0.375. The van der Waals surface area contributed by atoms with E-state index in [2.05, 4.69) is 6.07 Å². The van der Waals surface area contributed by atoms with E-state index in [4.69, 9.17) is 9.47 Å². The third-order valence-corrected chi connectivity index (χ3v) is 7.00. The third-order valence-electron chi connectivity index (χ3n) is 7.00. The predicted octanol–water partition coefficient (Wildman–Crippen LogP) is 3.55. The minimum absolute atomic E-state index is 0.106. The summed E-state index contributed by atoms with van der Waals surface area (Å²) in [6, 6.07) is 13.0. The van der Waals surface area contributed by atoms with Gasteiger partial charge in [0.2, 0.25) is 11.8 Å². The van der Waals surface area contributed by atoms with Gasteiger partial charge in [0.05, 0.1) is 34.6 Å². The normalized spacial score (nSPS) is 26.3. The highest BCUT2D eigenvalue weighted by Gasteiger charge is 2.67. The van der Waals surface area contributed by atoms with E-state index in [1.54, 1.807) is 19.2 Å². The lowest BCUT2D eigenvalue weighted by Gasteiger charge is -2.31. The molecule has 5 rings (SSSR count). The molecule has 0 radical (unpaired) electrons. The summed E-state index contributed by atoms with van der Waals surface area (Å²) >= 11 is 0. The smallest absolute Gasteiger partial charge is 0.205 e. The molecule has 2 bridgehead atoms. The van der Waals surface area contributed by atoms with Gasteiger partial charge in [0, 0.05) is 37.3 Å². The molecule has 160 valence electrons. The summed E-state index contributed by atoms with van der Waals surface area (Å²) in [6.45, 7) is 1.84. The van der Waals surface area contributed by atoms with E-state index in [-0.39, 0.29) is 30.9 Å². The van der Waals surface area contributed by atoms with Gasteiger partial charge in [-0.2, -0.15) is 5.26 Å². The van der Waals surface area contributed by atoms with Crippen LogP contribution in [0.25, 0.3) is 16.5 Å². The van der Waals surface area contributed by atoms with Gasteiger partial charge in [-0.05, 0) is 18.6 Å². The Kier molecular flexibility index (Phi) is 4.31. The molecular formula is C24H24N2O5. The SMILES string of the molecule is CC[C@]12O[C@](CCO)(C[C@@H]1OC)c1c2c(O)n(-c2ccc(C#N)c3ccccc23)c1O. The van der Waals surface area contributed by atoms with E-state index in [9.17, 15) is 20.6 Å². The number of benzene rings is 2. The van der Waals surface area contributed by atoms with E-state index in [0.29, 0.717) is 35.2 Å². The van der Waals surface area contributed by atoms with Crippen LogP contribution >= 0.6 is 0 Å². The number of hydrogen-bond acceptors (Lipinski definition) is 6. The van der Waals surface area contributed by atoms with Crippen LogP contribution in [-0.4, -0.2) is 39.7 Å². The average Bonchev–Trinajstić information content (AvgIpc) is 3.37. The molecule has 3 aromatic rings. The molecule has 0 saturated carbocycles. The average molecular weight is 420 g/mol. The van der Waals surface area contributed by atoms with Crippen LogP contribution < -0.4 is 0 Å². The molecule has 0 spiro atoms. The van der Waals surface area contributed by atoms with Crippen molar-refractivity contribution in [2.45, 2.75) is 43.5 Å². The molecule has 3 N–H and O–H groups in total. The van der Waals surface area contributed by atoms with Gasteiger partial charge in [0.15, 0.2) is 0 Å². The van der Waals surface area contributed by atoms with Gasteiger partial charge in [-0.15, -0.1) is 0 Å². The summed E-state index contributed by atoms with van der Waals surface area (Å²) in [7, 11) is 1.61. The highest BCUT2D eigenvalue weighted by Crippen LogP contribution is 2.67. The van der Waals surface area contributed by atoms with E-state index in [1.165, 1.54) is 4.57 Å². The van der Waals surface area contributed by atoms with Crippen LogP contribution in [0.4, 0.5) is 0 Å². The van der Waals surface area contributed by atoms with Crippen molar-refractivity contribution in [3.8, 4) is 23.5 Å². The van der Waals surface area contributed by atoms with Crippen LogP contribution in [0.15, 0.2) is 36.4 Å². The van der Waals surface area contributed by atoms with E-state index >= 15 is 0 Å². The minimum atomic E-state index is -0.935. The highest BCUT2D eigenvalue weighted by molar-refractivity contribution is 5.95. The van der Waals surface area contributed by atoms with Crippen LogP contribution in [0.1, 0.15) is 42.9 Å². The standard InChI is InChI=1S/C24H24N2O5/c1-3-24-18(30-2)12-23(31-24,10-11-27)19-20(24)22(29)26(21(19)28)17-9-8-14(13-25)15-6-4-5-7-16(15)17/h4-9,18,27-29H,3,10-12H2,1-2H3/t18-,23+,24-/m0/s1. The summed E-state index contributed by atoms with van der Waals surface area (Å²) in [5.74, 6) is -0.216. The zero-order valence-electron chi connectivity index (χ0n) is 17.4. The minimum Gasteiger partial charge on any atom is -0.494 e. The Morgan fingerprint density at radius 1 is 1.16 bits per heavy atom. The van der Waals surface area contributed by atoms with Crippen molar-refractivity contribution < 1.29 is 24.8 Å². The van der Waals surface area contributed by atoms with Crippen molar-refractivity contribution in [2.24, 2.45) is 0 Å². The van der Waals surface area contributed by atoms with Gasteiger partial charge in [0.1, 0.15) is 11.2 Å². The summed E-state index contributed by atoms with van der Waals surface area (Å²) < 4.78 is 13.6. The van der Waals surface area contributed by atoms with Gasteiger partial charge in [0.25, 0.3) is 0 Å². The van der Waals surface area contributed by atoms with Crippen molar-refractivity contribution in [3.63, 3.8) is 0 Å².